The standard InChI is InChI=1S/C15H15BrCl2N2S/c1-8(2)5-12-14(16)15(21)20-13(19-12)7-9-3-4-10(17)11(18)6-9/h3-4,6,8H,5,7H2,1-2H3,(H,19,20,21). The summed E-state index contributed by atoms with van der Waals surface area (Å²) in [5, 5.41) is 1.10. The van der Waals surface area contributed by atoms with Crippen LogP contribution in [-0.4, -0.2) is 9.97 Å². The third-order valence-electron chi connectivity index (χ3n) is 2.95. The molecule has 0 fully saturated rings. The molecule has 1 aromatic heterocycles. The molecule has 2 nitrogen and oxygen atoms in total. The van der Waals surface area contributed by atoms with Crippen LogP contribution in [0.1, 0.15) is 30.9 Å². The van der Waals surface area contributed by atoms with Crippen LogP contribution in [0.2, 0.25) is 10.0 Å². The summed E-state index contributed by atoms with van der Waals surface area (Å²) in [6, 6.07) is 5.59. The van der Waals surface area contributed by atoms with E-state index in [0.29, 0.717) is 27.0 Å². The summed E-state index contributed by atoms with van der Waals surface area (Å²) in [6.45, 7) is 4.34. The minimum Gasteiger partial charge on any atom is -0.346 e. The van der Waals surface area contributed by atoms with Crippen molar-refractivity contribution in [2.75, 3.05) is 0 Å². The first-order valence-corrected chi connectivity index (χ1v) is 8.54. The lowest BCUT2D eigenvalue weighted by Crippen LogP contribution is -2.05. The molecule has 0 amide bonds. The van der Waals surface area contributed by atoms with Gasteiger partial charge in [-0.1, -0.05) is 55.3 Å². The van der Waals surface area contributed by atoms with Crippen molar-refractivity contribution in [1.29, 1.82) is 0 Å². The highest BCUT2D eigenvalue weighted by Crippen LogP contribution is 2.24. The number of hydrogen-bond acceptors (Lipinski definition) is 2. The zero-order valence-corrected chi connectivity index (χ0v) is 15.6. The van der Waals surface area contributed by atoms with Crippen molar-refractivity contribution in [3.8, 4) is 0 Å². The van der Waals surface area contributed by atoms with E-state index in [0.717, 1.165) is 28.0 Å². The second kappa shape index (κ2) is 7.23. The van der Waals surface area contributed by atoms with Crippen LogP contribution in [0.25, 0.3) is 0 Å². The third kappa shape index (κ3) is 4.52. The lowest BCUT2D eigenvalue weighted by Gasteiger charge is -2.11. The van der Waals surface area contributed by atoms with Crippen LogP contribution in [0.15, 0.2) is 22.7 Å². The van der Waals surface area contributed by atoms with Crippen molar-refractivity contribution in [2.45, 2.75) is 26.7 Å². The zero-order chi connectivity index (χ0) is 15.6. The predicted octanol–water partition coefficient (Wildman–Crippen LogP) is 6.00. The lowest BCUT2D eigenvalue weighted by atomic mass is 10.1. The highest BCUT2D eigenvalue weighted by molar-refractivity contribution is 9.10. The topological polar surface area (TPSA) is 28.7 Å². The Morgan fingerprint density at radius 3 is 2.62 bits per heavy atom. The average Bonchev–Trinajstić information content (AvgIpc) is 2.39. The molecular formula is C15H15BrCl2N2S. The Kier molecular flexibility index (Phi) is 5.83. The fourth-order valence-electron chi connectivity index (χ4n) is 2.03. The van der Waals surface area contributed by atoms with E-state index in [-0.39, 0.29) is 0 Å². The van der Waals surface area contributed by atoms with E-state index in [1.807, 2.05) is 12.1 Å². The molecule has 0 saturated heterocycles. The minimum absolute atomic E-state index is 0.534. The molecule has 1 aromatic carbocycles. The van der Waals surface area contributed by atoms with Gasteiger partial charge in [0.15, 0.2) is 0 Å². The van der Waals surface area contributed by atoms with Crippen LogP contribution >= 0.6 is 51.3 Å². The Hall–Kier alpha value is -0.420. The van der Waals surface area contributed by atoms with Crippen molar-refractivity contribution in [3.63, 3.8) is 0 Å². The van der Waals surface area contributed by atoms with Gasteiger partial charge in [0.25, 0.3) is 0 Å². The molecule has 0 bridgehead atoms. The number of aromatic nitrogens is 2. The van der Waals surface area contributed by atoms with Gasteiger partial charge < -0.3 is 4.98 Å². The molecule has 2 aromatic rings. The molecule has 0 unspecified atom stereocenters. The van der Waals surface area contributed by atoms with Gasteiger partial charge in [-0.05, 0) is 46.0 Å². The summed E-state index contributed by atoms with van der Waals surface area (Å²) in [4.78, 5) is 7.79. The Balaban J connectivity index is 2.33. The van der Waals surface area contributed by atoms with E-state index in [2.05, 4.69) is 39.7 Å². The summed E-state index contributed by atoms with van der Waals surface area (Å²) in [7, 11) is 0. The van der Waals surface area contributed by atoms with E-state index >= 15 is 0 Å². The molecule has 0 aliphatic heterocycles. The predicted molar refractivity (Wildman–Crippen MR) is 94.9 cm³/mol. The van der Waals surface area contributed by atoms with Gasteiger partial charge in [0.05, 0.1) is 14.5 Å². The molecule has 0 radical (unpaired) electrons. The van der Waals surface area contributed by atoms with Crippen molar-refractivity contribution in [3.05, 3.63) is 54.4 Å². The van der Waals surface area contributed by atoms with Crippen molar-refractivity contribution >= 4 is 51.3 Å². The number of nitrogens with zero attached hydrogens (tertiary/aromatic N) is 1. The Bertz CT molecular complexity index is 713. The number of aromatic amines is 1. The highest BCUT2D eigenvalue weighted by Gasteiger charge is 2.09. The van der Waals surface area contributed by atoms with Crippen LogP contribution in [0.5, 0.6) is 0 Å². The van der Waals surface area contributed by atoms with Gasteiger partial charge in [0.1, 0.15) is 10.5 Å². The van der Waals surface area contributed by atoms with Gasteiger partial charge in [0.2, 0.25) is 0 Å². The van der Waals surface area contributed by atoms with E-state index in [1.54, 1.807) is 6.07 Å². The highest BCUT2D eigenvalue weighted by atomic mass is 79.9. The van der Waals surface area contributed by atoms with Crippen LogP contribution in [-0.2, 0) is 12.8 Å². The second-order valence-electron chi connectivity index (χ2n) is 5.30. The first-order valence-electron chi connectivity index (χ1n) is 6.58. The number of nitrogens with one attached hydrogen (secondary N) is 1. The summed E-state index contributed by atoms with van der Waals surface area (Å²) in [5.74, 6) is 1.37. The molecule has 1 heterocycles. The van der Waals surface area contributed by atoms with Gasteiger partial charge in [0, 0.05) is 12.1 Å². The normalized spacial score (nSPS) is 11.1. The summed E-state index contributed by atoms with van der Waals surface area (Å²) >= 11 is 20.8. The van der Waals surface area contributed by atoms with Crippen molar-refractivity contribution < 1.29 is 0 Å². The minimum atomic E-state index is 0.534. The molecule has 21 heavy (non-hydrogen) atoms. The Morgan fingerprint density at radius 2 is 2.00 bits per heavy atom. The maximum atomic E-state index is 6.05. The molecule has 112 valence electrons. The largest absolute Gasteiger partial charge is 0.346 e. The molecule has 0 atom stereocenters. The second-order valence-corrected chi connectivity index (χ2v) is 7.30. The monoisotopic (exact) mass is 404 g/mol. The SMILES string of the molecule is CC(C)Cc1[nH]c(Cc2ccc(Cl)c(Cl)c2)nc(=S)c1Br. The fourth-order valence-corrected chi connectivity index (χ4v) is 2.94. The maximum absolute atomic E-state index is 6.05. The van der Waals surface area contributed by atoms with E-state index in [1.165, 1.54) is 0 Å². The van der Waals surface area contributed by atoms with Gasteiger partial charge in [-0.3, -0.25) is 0 Å². The molecule has 0 aliphatic rings. The van der Waals surface area contributed by atoms with Gasteiger partial charge in [-0.2, -0.15) is 0 Å². The molecule has 6 heteroatoms. The number of halogens is 3. The van der Waals surface area contributed by atoms with Crippen molar-refractivity contribution in [1.82, 2.24) is 9.97 Å². The summed E-state index contributed by atoms with van der Waals surface area (Å²) < 4.78 is 1.46. The van der Waals surface area contributed by atoms with Gasteiger partial charge in [-0.15, -0.1) is 0 Å². The Morgan fingerprint density at radius 1 is 1.29 bits per heavy atom. The molecule has 0 aliphatic carbocycles. The number of benzene rings is 1. The van der Waals surface area contributed by atoms with Crippen molar-refractivity contribution in [2.24, 2.45) is 5.92 Å². The van der Waals surface area contributed by atoms with Gasteiger partial charge in [-0.25, -0.2) is 4.98 Å². The zero-order valence-electron chi connectivity index (χ0n) is 11.7. The van der Waals surface area contributed by atoms with Crippen LogP contribution in [0.4, 0.5) is 0 Å². The van der Waals surface area contributed by atoms with Gasteiger partial charge >= 0.3 is 0 Å². The van der Waals surface area contributed by atoms with Crippen LogP contribution in [0, 0.1) is 10.6 Å². The molecular weight excluding hydrogens is 391 g/mol. The van der Waals surface area contributed by atoms with E-state index in [4.69, 9.17) is 35.4 Å². The fraction of sp³-hybridized carbons (Fsp3) is 0.333. The molecule has 0 saturated carbocycles. The molecule has 0 spiro atoms. The molecule has 2 rings (SSSR count). The smallest absolute Gasteiger partial charge is 0.144 e. The number of rotatable bonds is 4. The van der Waals surface area contributed by atoms with Crippen LogP contribution in [0.3, 0.4) is 0 Å². The third-order valence-corrected chi connectivity index (χ3v) is 5.10. The average molecular weight is 406 g/mol. The summed E-state index contributed by atoms with van der Waals surface area (Å²) in [6.07, 6.45) is 1.56. The van der Waals surface area contributed by atoms with E-state index in [9.17, 15) is 0 Å². The quantitative estimate of drug-likeness (QED) is 0.632. The van der Waals surface area contributed by atoms with E-state index < -0.39 is 0 Å². The first kappa shape index (κ1) is 16.9. The number of H-pyrrole nitrogens is 1. The Labute approximate surface area is 148 Å². The molecule has 1 N–H and O–H groups in total. The lowest BCUT2D eigenvalue weighted by molar-refractivity contribution is 0.628. The number of hydrogen-bond donors (Lipinski definition) is 1. The first-order chi connectivity index (χ1) is 9.86. The maximum Gasteiger partial charge on any atom is 0.144 e. The summed E-state index contributed by atoms with van der Waals surface area (Å²) in [5.41, 5.74) is 2.13. The van der Waals surface area contributed by atoms with Crippen LogP contribution < -0.4 is 0 Å².